The summed E-state index contributed by atoms with van der Waals surface area (Å²) in [6.45, 7) is 7.05. The molecule has 3 heterocycles. The number of para-hydroxylation sites is 1. The Bertz CT molecular complexity index is 948. The number of halogens is 1. The molecule has 32 heavy (non-hydrogen) atoms. The first kappa shape index (κ1) is 21.6. The number of carbonyl (C=O) groups excluding carboxylic acids is 1. The third-order valence-corrected chi connectivity index (χ3v) is 6.99. The maximum absolute atomic E-state index is 12.6. The number of ether oxygens (including phenoxy) is 2. The molecule has 0 saturated carbocycles. The number of carbonyl (C=O) groups is 1. The van der Waals surface area contributed by atoms with Crippen LogP contribution >= 0.6 is 11.6 Å². The fourth-order valence-electron chi connectivity index (χ4n) is 5.02. The van der Waals surface area contributed by atoms with Gasteiger partial charge < -0.3 is 9.47 Å². The molecule has 2 aromatic carbocycles. The van der Waals surface area contributed by atoms with E-state index in [2.05, 4.69) is 28.0 Å². The van der Waals surface area contributed by atoms with E-state index in [9.17, 15) is 4.79 Å². The van der Waals surface area contributed by atoms with Crippen LogP contribution in [0.4, 0.5) is 10.5 Å². The minimum absolute atomic E-state index is 0.278. The van der Waals surface area contributed by atoms with Crippen LogP contribution in [0.1, 0.15) is 24.8 Å². The van der Waals surface area contributed by atoms with Crippen molar-refractivity contribution in [2.75, 3.05) is 50.8 Å². The minimum Gasteiger partial charge on any atom is -0.492 e. The summed E-state index contributed by atoms with van der Waals surface area (Å²) in [5.74, 6) is 0.957. The van der Waals surface area contributed by atoms with Gasteiger partial charge in [0.2, 0.25) is 0 Å². The van der Waals surface area contributed by atoms with Crippen molar-refractivity contribution in [1.29, 1.82) is 0 Å². The molecular weight excluding hydrogens is 426 g/mol. The lowest BCUT2D eigenvalue weighted by Crippen LogP contribution is -2.37. The van der Waals surface area contributed by atoms with Crippen LogP contribution in [0.15, 0.2) is 48.5 Å². The summed E-state index contributed by atoms with van der Waals surface area (Å²) in [6, 6.07) is 15.6. The highest BCUT2D eigenvalue weighted by molar-refractivity contribution is 6.30. The first-order valence-corrected chi connectivity index (χ1v) is 11.9. The van der Waals surface area contributed by atoms with Crippen molar-refractivity contribution in [3.63, 3.8) is 0 Å². The third kappa shape index (κ3) is 4.72. The Balaban J connectivity index is 1.19. The number of anilines is 1. The Labute approximate surface area is 194 Å². The Morgan fingerprint density at radius 2 is 1.75 bits per heavy atom. The van der Waals surface area contributed by atoms with E-state index in [4.69, 9.17) is 21.1 Å². The van der Waals surface area contributed by atoms with E-state index < -0.39 is 5.60 Å². The van der Waals surface area contributed by atoms with E-state index in [1.54, 1.807) is 17.0 Å². The standard InChI is InChI=1S/C25H30ClN3O3/c26-21-7-9-22(10-8-21)29-19-25(32-24(29)30)11-14-28(18-25)17-20-5-1-2-6-23(20)31-16-15-27-12-3-4-13-27/h1-2,5-10H,3-4,11-19H2/t25-/m1/s1. The monoisotopic (exact) mass is 455 g/mol. The molecule has 170 valence electrons. The van der Waals surface area contributed by atoms with Crippen LogP contribution in [0.3, 0.4) is 0 Å². The lowest BCUT2D eigenvalue weighted by atomic mass is 10.0. The molecule has 0 radical (unpaired) electrons. The largest absolute Gasteiger partial charge is 0.492 e. The van der Waals surface area contributed by atoms with Gasteiger partial charge in [0.1, 0.15) is 18.0 Å². The normalized spacial score (nSPS) is 23.9. The van der Waals surface area contributed by atoms with Crippen molar-refractivity contribution < 1.29 is 14.3 Å². The first-order valence-electron chi connectivity index (χ1n) is 11.5. The summed E-state index contributed by atoms with van der Waals surface area (Å²) in [6.07, 6.45) is 3.15. The number of hydrogen-bond acceptors (Lipinski definition) is 5. The van der Waals surface area contributed by atoms with Gasteiger partial charge in [-0.05, 0) is 56.3 Å². The van der Waals surface area contributed by atoms with Crippen LogP contribution in [0.25, 0.3) is 0 Å². The highest BCUT2D eigenvalue weighted by Crippen LogP contribution is 2.36. The third-order valence-electron chi connectivity index (χ3n) is 6.73. The predicted molar refractivity (Wildman–Crippen MR) is 126 cm³/mol. The van der Waals surface area contributed by atoms with Gasteiger partial charge in [-0.1, -0.05) is 29.8 Å². The van der Waals surface area contributed by atoms with E-state index in [0.29, 0.717) is 18.2 Å². The van der Waals surface area contributed by atoms with Crippen LogP contribution in [-0.2, 0) is 11.3 Å². The molecule has 0 aliphatic carbocycles. The molecule has 3 fully saturated rings. The molecule has 3 saturated heterocycles. The molecule has 5 rings (SSSR count). The maximum Gasteiger partial charge on any atom is 0.415 e. The Morgan fingerprint density at radius 1 is 0.969 bits per heavy atom. The highest BCUT2D eigenvalue weighted by atomic mass is 35.5. The van der Waals surface area contributed by atoms with Crippen molar-refractivity contribution in [3.05, 3.63) is 59.1 Å². The van der Waals surface area contributed by atoms with Crippen molar-refractivity contribution in [2.24, 2.45) is 0 Å². The molecule has 0 N–H and O–H groups in total. The summed E-state index contributed by atoms with van der Waals surface area (Å²) < 4.78 is 12.1. The van der Waals surface area contributed by atoms with E-state index in [1.165, 1.54) is 31.5 Å². The van der Waals surface area contributed by atoms with Crippen LogP contribution in [-0.4, -0.2) is 67.4 Å². The molecule has 6 nitrogen and oxygen atoms in total. The van der Waals surface area contributed by atoms with E-state index in [1.807, 2.05) is 18.2 Å². The molecule has 3 aliphatic rings. The van der Waals surface area contributed by atoms with Gasteiger partial charge in [-0.3, -0.25) is 14.7 Å². The van der Waals surface area contributed by atoms with E-state index >= 15 is 0 Å². The summed E-state index contributed by atoms with van der Waals surface area (Å²) in [5, 5.41) is 0.657. The van der Waals surface area contributed by atoms with E-state index in [0.717, 1.165) is 44.0 Å². The topological polar surface area (TPSA) is 45.2 Å². The number of hydrogen-bond donors (Lipinski definition) is 0. The zero-order valence-corrected chi connectivity index (χ0v) is 19.1. The number of benzene rings is 2. The molecule has 3 aliphatic heterocycles. The second kappa shape index (κ2) is 9.30. The summed E-state index contributed by atoms with van der Waals surface area (Å²) >= 11 is 5.99. The van der Waals surface area contributed by atoms with Crippen LogP contribution in [0, 0.1) is 0 Å². The quantitative estimate of drug-likeness (QED) is 0.618. The molecule has 0 aromatic heterocycles. The maximum atomic E-state index is 12.6. The molecule has 1 spiro atoms. The average molecular weight is 456 g/mol. The number of amides is 1. The number of nitrogens with zero attached hydrogens (tertiary/aromatic N) is 3. The summed E-state index contributed by atoms with van der Waals surface area (Å²) in [7, 11) is 0. The molecular formula is C25H30ClN3O3. The fraction of sp³-hybridized carbons (Fsp3) is 0.480. The zero-order valence-electron chi connectivity index (χ0n) is 18.3. The predicted octanol–water partition coefficient (Wildman–Crippen LogP) is 4.42. The Hall–Kier alpha value is -2.28. The fourth-order valence-corrected chi connectivity index (χ4v) is 5.15. The molecule has 0 bridgehead atoms. The molecule has 1 amide bonds. The SMILES string of the molecule is O=C1O[C@@]2(CCN(Cc3ccccc3OCCN3CCCC3)C2)CN1c1ccc(Cl)cc1. The zero-order chi connectivity index (χ0) is 22.0. The second-order valence-corrected chi connectivity index (χ2v) is 9.52. The van der Waals surface area contributed by atoms with Crippen LogP contribution in [0.2, 0.25) is 5.02 Å². The van der Waals surface area contributed by atoms with Gasteiger partial charge in [0, 0.05) is 48.9 Å². The molecule has 2 aromatic rings. The lowest BCUT2D eigenvalue weighted by molar-refractivity contribution is 0.0628. The van der Waals surface area contributed by atoms with Gasteiger partial charge in [0.05, 0.1) is 6.54 Å². The molecule has 1 atom stereocenters. The summed E-state index contributed by atoms with van der Waals surface area (Å²) in [4.78, 5) is 19.1. The lowest BCUT2D eigenvalue weighted by Gasteiger charge is -2.23. The molecule has 0 unspecified atom stereocenters. The Morgan fingerprint density at radius 3 is 2.56 bits per heavy atom. The van der Waals surface area contributed by atoms with Crippen molar-refractivity contribution >= 4 is 23.4 Å². The average Bonchev–Trinajstić information content (AvgIpc) is 3.51. The summed E-state index contributed by atoms with van der Waals surface area (Å²) in [5.41, 5.74) is 1.55. The van der Waals surface area contributed by atoms with Gasteiger partial charge in [0.25, 0.3) is 0 Å². The van der Waals surface area contributed by atoms with Gasteiger partial charge in [-0.25, -0.2) is 4.79 Å². The van der Waals surface area contributed by atoms with Crippen LogP contribution in [0.5, 0.6) is 5.75 Å². The smallest absolute Gasteiger partial charge is 0.415 e. The number of likely N-dealkylation sites (tertiary alicyclic amines) is 2. The van der Waals surface area contributed by atoms with Crippen molar-refractivity contribution in [3.8, 4) is 5.75 Å². The van der Waals surface area contributed by atoms with Gasteiger partial charge in [0.15, 0.2) is 0 Å². The Kier molecular flexibility index (Phi) is 6.26. The van der Waals surface area contributed by atoms with Crippen molar-refractivity contribution in [1.82, 2.24) is 9.80 Å². The second-order valence-electron chi connectivity index (χ2n) is 9.08. The molecule has 7 heteroatoms. The minimum atomic E-state index is -0.456. The van der Waals surface area contributed by atoms with Crippen molar-refractivity contribution in [2.45, 2.75) is 31.4 Å². The first-order chi connectivity index (χ1) is 15.6. The number of rotatable bonds is 7. The van der Waals surface area contributed by atoms with Crippen LogP contribution < -0.4 is 9.64 Å². The van der Waals surface area contributed by atoms with Gasteiger partial charge >= 0.3 is 6.09 Å². The van der Waals surface area contributed by atoms with E-state index in [-0.39, 0.29) is 6.09 Å². The van der Waals surface area contributed by atoms with Gasteiger partial charge in [-0.2, -0.15) is 0 Å². The van der Waals surface area contributed by atoms with Gasteiger partial charge in [-0.15, -0.1) is 0 Å². The highest BCUT2D eigenvalue weighted by Gasteiger charge is 2.50.